The maximum Gasteiger partial charge on any atom is 0.175 e. The van der Waals surface area contributed by atoms with E-state index in [-0.39, 0.29) is 11.0 Å². The number of ether oxygens (including phenoxy) is 1. The second-order valence-electron chi connectivity index (χ2n) is 4.31. The van der Waals surface area contributed by atoms with Gasteiger partial charge in [0.05, 0.1) is 12.4 Å². The topological polar surface area (TPSA) is 26.3 Å². The van der Waals surface area contributed by atoms with Crippen LogP contribution in [0.4, 0.5) is 0 Å². The minimum atomic E-state index is -0.121. The van der Waals surface area contributed by atoms with E-state index in [9.17, 15) is 4.79 Å². The molecule has 4 heteroatoms. The van der Waals surface area contributed by atoms with Crippen LogP contribution in [-0.4, -0.2) is 18.1 Å². The van der Waals surface area contributed by atoms with E-state index in [2.05, 4.69) is 15.9 Å². The van der Waals surface area contributed by atoms with E-state index in [1.165, 1.54) is 0 Å². The Labute approximate surface area is 131 Å². The predicted molar refractivity (Wildman–Crippen MR) is 86.8 cm³/mol. The molecule has 20 heavy (non-hydrogen) atoms. The van der Waals surface area contributed by atoms with Crippen LogP contribution in [0.5, 0.6) is 5.75 Å². The van der Waals surface area contributed by atoms with E-state index in [1.54, 1.807) is 31.0 Å². The van der Waals surface area contributed by atoms with Gasteiger partial charge in [-0.2, -0.15) is 0 Å². The fourth-order valence-electron chi connectivity index (χ4n) is 1.76. The lowest BCUT2D eigenvalue weighted by Gasteiger charge is -2.11. The first-order valence-corrected chi connectivity index (χ1v) is 7.88. The molecule has 0 aliphatic carbocycles. The van der Waals surface area contributed by atoms with Crippen LogP contribution >= 0.6 is 27.7 Å². The minimum absolute atomic E-state index is 0.121. The molecule has 0 saturated heterocycles. The smallest absolute Gasteiger partial charge is 0.175 e. The SMILES string of the molecule is COc1ccc(C(=O)C(C)Sc2ccc(Br)cc2)cc1. The number of Topliss-reactive ketones (excluding diaryl/α,β-unsaturated/α-hetero) is 1. The molecule has 0 fully saturated rings. The first kappa shape index (κ1) is 15.1. The third-order valence-corrected chi connectivity index (χ3v) is 4.51. The second kappa shape index (κ2) is 6.95. The molecule has 2 aromatic rings. The molecule has 0 aromatic heterocycles. The van der Waals surface area contributed by atoms with E-state index in [0.29, 0.717) is 5.56 Å². The Morgan fingerprint density at radius 2 is 1.70 bits per heavy atom. The summed E-state index contributed by atoms with van der Waals surface area (Å²) < 4.78 is 6.13. The number of carbonyl (C=O) groups excluding carboxylic acids is 1. The number of thioether (sulfide) groups is 1. The van der Waals surface area contributed by atoms with Crippen LogP contribution in [0.1, 0.15) is 17.3 Å². The van der Waals surface area contributed by atoms with E-state index >= 15 is 0 Å². The van der Waals surface area contributed by atoms with Crippen LogP contribution in [0.15, 0.2) is 57.9 Å². The number of halogens is 1. The molecule has 0 radical (unpaired) electrons. The quantitative estimate of drug-likeness (QED) is 0.571. The highest BCUT2D eigenvalue weighted by molar-refractivity contribution is 9.10. The molecule has 0 bridgehead atoms. The molecule has 104 valence electrons. The first-order valence-electron chi connectivity index (χ1n) is 6.20. The number of benzene rings is 2. The summed E-state index contributed by atoms with van der Waals surface area (Å²) in [6.07, 6.45) is 0. The van der Waals surface area contributed by atoms with E-state index in [4.69, 9.17) is 4.74 Å². The molecule has 2 aromatic carbocycles. The Hall–Kier alpha value is -1.26. The number of methoxy groups -OCH3 is 1. The van der Waals surface area contributed by atoms with Crippen LogP contribution < -0.4 is 4.74 Å². The van der Waals surface area contributed by atoms with Crippen molar-refractivity contribution in [2.45, 2.75) is 17.1 Å². The van der Waals surface area contributed by atoms with E-state index in [1.807, 2.05) is 43.3 Å². The monoisotopic (exact) mass is 350 g/mol. The largest absolute Gasteiger partial charge is 0.497 e. The summed E-state index contributed by atoms with van der Waals surface area (Å²) in [5.74, 6) is 0.885. The average molecular weight is 351 g/mol. The van der Waals surface area contributed by atoms with Gasteiger partial charge in [0.15, 0.2) is 5.78 Å². The van der Waals surface area contributed by atoms with Gasteiger partial charge in [-0.15, -0.1) is 11.8 Å². The van der Waals surface area contributed by atoms with Crippen molar-refractivity contribution in [1.29, 1.82) is 0 Å². The highest BCUT2D eigenvalue weighted by Gasteiger charge is 2.16. The summed E-state index contributed by atoms with van der Waals surface area (Å²) in [6.45, 7) is 1.93. The third kappa shape index (κ3) is 3.87. The summed E-state index contributed by atoms with van der Waals surface area (Å²) in [6, 6.07) is 15.2. The Balaban J connectivity index is 2.05. The lowest BCUT2D eigenvalue weighted by atomic mass is 10.1. The van der Waals surface area contributed by atoms with E-state index in [0.717, 1.165) is 15.1 Å². The standard InChI is InChI=1S/C16H15BrO2S/c1-11(20-15-9-5-13(17)6-10-15)16(18)12-3-7-14(19-2)8-4-12/h3-11H,1-2H3. The molecular formula is C16H15BrO2S. The molecule has 1 atom stereocenters. The molecule has 0 saturated carbocycles. The fraction of sp³-hybridized carbons (Fsp3) is 0.188. The summed E-state index contributed by atoms with van der Waals surface area (Å²) in [5, 5.41) is -0.121. The molecule has 0 aliphatic heterocycles. The predicted octanol–water partition coefficient (Wildman–Crippen LogP) is 4.82. The first-order chi connectivity index (χ1) is 9.60. The van der Waals surface area contributed by atoms with Crippen molar-refractivity contribution in [2.24, 2.45) is 0 Å². The molecule has 0 heterocycles. The van der Waals surface area contributed by atoms with E-state index < -0.39 is 0 Å². The zero-order valence-corrected chi connectivity index (χ0v) is 13.7. The fourth-order valence-corrected chi connectivity index (χ4v) is 2.97. The molecule has 1 unspecified atom stereocenters. The maximum absolute atomic E-state index is 12.3. The molecular weight excluding hydrogens is 336 g/mol. The van der Waals surface area contributed by atoms with Gasteiger partial charge in [0.1, 0.15) is 5.75 Å². The lowest BCUT2D eigenvalue weighted by molar-refractivity contribution is 0.0994. The number of rotatable bonds is 5. The molecule has 0 N–H and O–H groups in total. The number of ketones is 1. The molecule has 0 aliphatic rings. The minimum Gasteiger partial charge on any atom is -0.497 e. The van der Waals surface area contributed by atoms with Gasteiger partial charge in [-0.05, 0) is 55.5 Å². The highest BCUT2D eigenvalue weighted by atomic mass is 79.9. The van der Waals surface area contributed by atoms with Crippen LogP contribution in [0.3, 0.4) is 0 Å². The summed E-state index contributed by atoms with van der Waals surface area (Å²) in [5.41, 5.74) is 0.711. The molecule has 0 amide bonds. The maximum atomic E-state index is 12.3. The Kier molecular flexibility index (Phi) is 5.26. The van der Waals surface area contributed by atoms with Crippen molar-refractivity contribution >= 4 is 33.5 Å². The Bertz CT molecular complexity index is 578. The van der Waals surface area contributed by atoms with Crippen LogP contribution in [0.25, 0.3) is 0 Å². The zero-order valence-electron chi connectivity index (χ0n) is 11.3. The van der Waals surface area contributed by atoms with Crippen LogP contribution in [-0.2, 0) is 0 Å². The summed E-state index contributed by atoms with van der Waals surface area (Å²) in [4.78, 5) is 13.4. The van der Waals surface area contributed by atoms with Gasteiger partial charge >= 0.3 is 0 Å². The van der Waals surface area contributed by atoms with Gasteiger partial charge in [-0.1, -0.05) is 15.9 Å². The zero-order chi connectivity index (χ0) is 14.5. The highest BCUT2D eigenvalue weighted by Crippen LogP contribution is 2.27. The third-order valence-electron chi connectivity index (χ3n) is 2.87. The summed E-state index contributed by atoms with van der Waals surface area (Å²) in [7, 11) is 1.61. The Morgan fingerprint density at radius 3 is 2.25 bits per heavy atom. The summed E-state index contributed by atoms with van der Waals surface area (Å²) >= 11 is 4.97. The normalized spacial score (nSPS) is 11.9. The van der Waals surface area contributed by atoms with Crippen molar-refractivity contribution in [1.82, 2.24) is 0 Å². The lowest BCUT2D eigenvalue weighted by Crippen LogP contribution is -2.13. The average Bonchev–Trinajstić information content (AvgIpc) is 2.49. The van der Waals surface area contributed by atoms with Crippen molar-refractivity contribution in [3.8, 4) is 5.75 Å². The van der Waals surface area contributed by atoms with Crippen molar-refractivity contribution in [3.63, 3.8) is 0 Å². The van der Waals surface area contributed by atoms with Gasteiger partial charge in [-0.3, -0.25) is 4.79 Å². The molecule has 2 rings (SSSR count). The second-order valence-corrected chi connectivity index (χ2v) is 6.64. The van der Waals surface area contributed by atoms with Gasteiger partial charge in [-0.25, -0.2) is 0 Å². The van der Waals surface area contributed by atoms with Crippen LogP contribution in [0, 0.1) is 0 Å². The number of hydrogen-bond donors (Lipinski definition) is 0. The van der Waals surface area contributed by atoms with Gasteiger partial charge in [0, 0.05) is 14.9 Å². The van der Waals surface area contributed by atoms with Crippen molar-refractivity contribution in [3.05, 3.63) is 58.6 Å². The van der Waals surface area contributed by atoms with Gasteiger partial charge < -0.3 is 4.74 Å². The number of hydrogen-bond acceptors (Lipinski definition) is 3. The van der Waals surface area contributed by atoms with Gasteiger partial charge in [0.25, 0.3) is 0 Å². The van der Waals surface area contributed by atoms with Crippen molar-refractivity contribution in [2.75, 3.05) is 7.11 Å². The Morgan fingerprint density at radius 1 is 1.10 bits per heavy atom. The molecule has 2 nitrogen and oxygen atoms in total. The van der Waals surface area contributed by atoms with Crippen molar-refractivity contribution < 1.29 is 9.53 Å². The number of carbonyl (C=O) groups is 1. The van der Waals surface area contributed by atoms with Crippen LogP contribution in [0.2, 0.25) is 0 Å². The molecule has 0 spiro atoms. The van der Waals surface area contributed by atoms with Gasteiger partial charge in [0.2, 0.25) is 0 Å².